The van der Waals surface area contributed by atoms with E-state index in [-0.39, 0.29) is 66.1 Å². The van der Waals surface area contributed by atoms with E-state index >= 15 is 0 Å². The van der Waals surface area contributed by atoms with Crippen LogP contribution in [0.15, 0.2) is 69.3 Å². The largest absolute Gasteiger partial charge is 1.00 e. The fraction of sp³-hybridized carbons (Fsp3) is 0. The van der Waals surface area contributed by atoms with Crippen LogP contribution in [-0.4, -0.2) is 17.2 Å². The van der Waals surface area contributed by atoms with Crippen LogP contribution in [0.1, 0.15) is 0 Å². The third kappa shape index (κ3) is 4.05. The van der Waals surface area contributed by atoms with Crippen molar-refractivity contribution in [1.29, 1.82) is 0 Å². The minimum atomic E-state index is -3.67. The maximum absolute atomic E-state index is 12.2. The summed E-state index contributed by atoms with van der Waals surface area (Å²) in [4.78, 5) is 0.0567. The van der Waals surface area contributed by atoms with Crippen LogP contribution in [-0.2, 0) is 20.9 Å². The van der Waals surface area contributed by atoms with Crippen LogP contribution in [0.25, 0.3) is 0 Å². The Bertz CT molecular complexity index is 684. The van der Waals surface area contributed by atoms with E-state index in [1.807, 2.05) is 0 Å². The van der Waals surface area contributed by atoms with Crippen molar-refractivity contribution in [3.05, 3.63) is 54.6 Å². The molecule has 0 saturated carbocycles. The van der Waals surface area contributed by atoms with E-state index in [0.717, 1.165) is 6.07 Å². The summed E-state index contributed by atoms with van der Waals surface area (Å²) >= 11 is -2.44. The molecule has 1 atom stereocenters. The van der Waals surface area contributed by atoms with Gasteiger partial charge in [0, 0.05) is 4.90 Å². The van der Waals surface area contributed by atoms with E-state index < -0.39 is 20.9 Å². The van der Waals surface area contributed by atoms with Gasteiger partial charge < -0.3 is 4.55 Å². The second-order valence-corrected chi connectivity index (χ2v) is 6.42. The standard InChI is InChI=1S/C12H10O4S2.K/c13-17(14)10-5-4-8-12(9-10)18(15,16)11-6-2-1-3-7-11;/h1-9H,(H,13,14);/q;+1/p-1. The maximum Gasteiger partial charge on any atom is 1.00 e. The predicted octanol–water partition coefficient (Wildman–Crippen LogP) is -1.24. The molecule has 0 heterocycles. The molecule has 0 amide bonds. The number of rotatable bonds is 3. The van der Waals surface area contributed by atoms with Gasteiger partial charge in [-0.15, -0.1) is 0 Å². The van der Waals surface area contributed by atoms with Crippen LogP contribution < -0.4 is 51.4 Å². The molecule has 4 nitrogen and oxygen atoms in total. The molecule has 94 valence electrons. The minimum absolute atomic E-state index is 0. The van der Waals surface area contributed by atoms with Gasteiger partial charge in [-0.25, -0.2) is 8.42 Å². The van der Waals surface area contributed by atoms with Gasteiger partial charge in [0.15, 0.2) is 0 Å². The molecule has 19 heavy (non-hydrogen) atoms. The first-order chi connectivity index (χ1) is 8.51. The molecular weight excluding hydrogens is 311 g/mol. The van der Waals surface area contributed by atoms with Crippen molar-refractivity contribution in [3.63, 3.8) is 0 Å². The van der Waals surface area contributed by atoms with E-state index in [1.54, 1.807) is 18.2 Å². The zero-order chi connectivity index (χ0) is 13.2. The average Bonchev–Trinajstić information content (AvgIpc) is 2.40. The molecule has 2 rings (SSSR count). The Hall–Kier alpha value is 0.136. The molecule has 0 spiro atoms. The summed E-state index contributed by atoms with van der Waals surface area (Å²) in [7, 11) is -3.67. The van der Waals surface area contributed by atoms with Crippen molar-refractivity contribution in [1.82, 2.24) is 0 Å². The first kappa shape index (κ1) is 17.2. The molecule has 1 unspecified atom stereocenters. The van der Waals surface area contributed by atoms with Crippen LogP contribution in [0.3, 0.4) is 0 Å². The Kier molecular flexibility index (Phi) is 6.54. The Balaban J connectivity index is 0.00000180. The van der Waals surface area contributed by atoms with E-state index in [0.29, 0.717) is 0 Å². The van der Waals surface area contributed by atoms with Gasteiger partial charge in [-0.2, -0.15) is 0 Å². The van der Waals surface area contributed by atoms with Crippen LogP contribution in [0.4, 0.5) is 0 Å². The molecule has 0 saturated heterocycles. The van der Waals surface area contributed by atoms with E-state index in [1.165, 1.54) is 30.3 Å². The maximum atomic E-state index is 12.2. The predicted molar refractivity (Wildman–Crippen MR) is 65.5 cm³/mol. The summed E-state index contributed by atoms with van der Waals surface area (Å²) in [6.07, 6.45) is 0. The van der Waals surface area contributed by atoms with Crippen LogP contribution in [0.2, 0.25) is 0 Å². The van der Waals surface area contributed by atoms with Gasteiger partial charge >= 0.3 is 51.4 Å². The normalized spacial score (nSPS) is 12.5. The number of hydrogen-bond donors (Lipinski definition) is 0. The fourth-order valence-electron chi connectivity index (χ4n) is 1.48. The Morgan fingerprint density at radius 3 is 2.05 bits per heavy atom. The fourth-order valence-corrected chi connectivity index (χ4v) is 3.30. The zero-order valence-corrected chi connectivity index (χ0v) is 14.9. The molecule has 0 aliphatic carbocycles. The minimum Gasteiger partial charge on any atom is -0.768 e. The molecule has 0 bridgehead atoms. The first-order valence-electron chi connectivity index (χ1n) is 5.01. The molecule has 2 aromatic carbocycles. The summed E-state index contributed by atoms with van der Waals surface area (Å²) in [5.74, 6) is 0. The third-order valence-corrected chi connectivity index (χ3v) is 4.77. The molecule has 7 heteroatoms. The number of sulfone groups is 1. The first-order valence-corrected chi connectivity index (χ1v) is 7.57. The van der Waals surface area contributed by atoms with Crippen molar-refractivity contribution >= 4 is 20.9 Å². The van der Waals surface area contributed by atoms with E-state index in [2.05, 4.69) is 0 Å². The summed E-state index contributed by atoms with van der Waals surface area (Å²) in [6.45, 7) is 0. The Morgan fingerprint density at radius 2 is 1.47 bits per heavy atom. The van der Waals surface area contributed by atoms with Gasteiger partial charge in [0.05, 0.1) is 9.79 Å². The smallest absolute Gasteiger partial charge is 0.768 e. The monoisotopic (exact) mass is 320 g/mol. The van der Waals surface area contributed by atoms with Gasteiger partial charge in [-0.3, -0.25) is 4.21 Å². The molecule has 0 N–H and O–H groups in total. The van der Waals surface area contributed by atoms with Gasteiger partial charge in [0.2, 0.25) is 9.84 Å². The molecule has 0 fully saturated rings. The van der Waals surface area contributed by atoms with Gasteiger partial charge in [0.25, 0.3) is 0 Å². The summed E-state index contributed by atoms with van der Waals surface area (Å²) in [5.41, 5.74) is 0. The van der Waals surface area contributed by atoms with E-state index in [4.69, 9.17) is 0 Å². The van der Waals surface area contributed by atoms with Crippen molar-refractivity contribution in [2.45, 2.75) is 14.7 Å². The summed E-state index contributed by atoms with van der Waals surface area (Å²) in [6, 6.07) is 13.1. The van der Waals surface area contributed by atoms with Gasteiger partial charge in [0.1, 0.15) is 0 Å². The van der Waals surface area contributed by atoms with Crippen molar-refractivity contribution in [2.75, 3.05) is 0 Å². The second-order valence-electron chi connectivity index (χ2n) is 3.53. The van der Waals surface area contributed by atoms with Crippen molar-refractivity contribution in [3.8, 4) is 0 Å². The summed E-state index contributed by atoms with van der Waals surface area (Å²) < 4.78 is 46.1. The van der Waals surface area contributed by atoms with Crippen molar-refractivity contribution < 1.29 is 68.6 Å². The zero-order valence-electron chi connectivity index (χ0n) is 10.1. The summed E-state index contributed by atoms with van der Waals surface area (Å²) in [5, 5.41) is 0. The second kappa shape index (κ2) is 7.23. The topological polar surface area (TPSA) is 74.3 Å². The Labute approximate surface area is 156 Å². The Morgan fingerprint density at radius 1 is 0.895 bits per heavy atom. The SMILES string of the molecule is O=S([O-])c1cccc(S(=O)(=O)c2ccccc2)c1.[K+]. The van der Waals surface area contributed by atoms with E-state index in [9.17, 15) is 17.2 Å². The van der Waals surface area contributed by atoms with Crippen molar-refractivity contribution in [2.24, 2.45) is 0 Å². The van der Waals surface area contributed by atoms with Crippen LogP contribution in [0, 0.1) is 0 Å². The molecule has 0 aromatic heterocycles. The quantitative estimate of drug-likeness (QED) is 0.524. The van der Waals surface area contributed by atoms with Gasteiger partial charge in [-0.05, 0) is 41.4 Å². The molecular formula is C12H9KO4S2. The number of benzene rings is 2. The van der Waals surface area contributed by atoms with Crippen LogP contribution >= 0.6 is 0 Å². The van der Waals surface area contributed by atoms with Crippen LogP contribution in [0.5, 0.6) is 0 Å². The molecule has 2 aromatic rings. The molecule has 0 radical (unpaired) electrons. The molecule has 0 aliphatic heterocycles. The average molecular weight is 320 g/mol. The third-order valence-electron chi connectivity index (χ3n) is 2.36. The van der Waals surface area contributed by atoms with Gasteiger partial charge in [-0.1, -0.05) is 24.3 Å². The number of hydrogen-bond acceptors (Lipinski definition) is 4. The molecule has 0 aliphatic rings.